The molecule has 9 heavy (non-hydrogen) atoms. The zero-order valence-corrected chi connectivity index (χ0v) is 7.19. The highest BCUT2D eigenvalue weighted by molar-refractivity contribution is 9.09. The minimum absolute atomic E-state index is 0.911. The summed E-state index contributed by atoms with van der Waals surface area (Å²) in [7, 11) is 0. The van der Waals surface area contributed by atoms with E-state index >= 15 is 0 Å². The molecular weight excluding hydrogens is 176 g/mol. The second-order valence-electron chi connectivity index (χ2n) is 1.59. The molecule has 0 bridgehead atoms. The van der Waals surface area contributed by atoms with Crippen molar-refractivity contribution >= 4 is 15.9 Å². The van der Waals surface area contributed by atoms with E-state index < -0.39 is 0 Å². The molecule has 0 N–H and O–H groups in total. The summed E-state index contributed by atoms with van der Waals surface area (Å²) >= 11 is 3.35. The van der Waals surface area contributed by atoms with Crippen molar-refractivity contribution < 1.29 is 0 Å². The van der Waals surface area contributed by atoms with Crippen LogP contribution in [0.3, 0.4) is 0 Å². The van der Waals surface area contributed by atoms with Gasteiger partial charge >= 0.3 is 0 Å². The average molecular weight is 187 g/mol. The van der Waals surface area contributed by atoms with Gasteiger partial charge in [0.05, 0.1) is 0 Å². The molecular formula is C8H11Br. The van der Waals surface area contributed by atoms with Crippen LogP contribution in [0, 0.1) is 0 Å². The Morgan fingerprint density at radius 2 is 2.33 bits per heavy atom. The van der Waals surface area contributed by atoms with E-state index in [4.69, 9.17) is 0 Å². The highest BCUT2D eigenvalue weighted by Crippen LogP contribution is 2.00. The maximum atomic E-state index is 3.57. The molecule has 0 radical (unpaired) electrons. The standard InChI is InChI=1S/C8H11Br/c1-3-5-6-8(4-2)7-9/h3-6H,1,7H2,2H3. The number of hydrogen-bond donors (Lipinski definition) is 0. The Morgan fingerprint density at radius 1 is 1.67 bits per heavy atom. The summed E-state index contributed by atoms with van der Waals surface area (Å²) in [6.45, 7) is 5.59. The summed E-state index contributed by atoms with van der Waals surface area (Å²) < 4.78 is 0. The fourth-order valence-corrected chi connectivity index (χ4v) is 0.920. The Balaban J connectivity index is 3.84. The fraction of sp³-hybridized carbons (Fsp3) is 0.250. The molecule has 0 rings (SSSR count). The van der Waals surface area contributed by atoms with Crippen LogP contribution in [0.25, 0.3) is 0 Å². The van der Waals surface area contributed by atoms with Crippen molar-refractivity contribution in [3.63, 3.8) is 0 Å². The van der Waals surface area contributed by atoms with Crippen LogP contribution >= 0.6 is 15.9 Å². The average Bonchev–Trinajstić information content (AvgIpc) is 1.91. The van der Waals surface area contributed by atoms with Crippen molar-refractivity contribution in [2.45, 2.75) is 6.92 Å². The molecule has 0 saturated heterocycles. The number of alkyl halides is 1. The van der Waals surface area contributed by atoms with E-state index in [-0.39, 0.29) is 0 Å². The van der Waals surface area contributed by atoms with Gasteiger partial charge < -0.3 is 0 Å². The number of rotatable bonds is 3. The third kappa shape index (κ3) is 4.22. The number of allylic oxidation sites excluding steroid dienone is 5. The van der Waals surface area contributed by atoms with Crippen molar-refractivity contribution in [1.82, 2.24) is 0 Å². The van der Waals surface area contributed by atoms with Gasteiger partial charge in [-0.15, -0.1) is 0 Å². The van der Waals surface area contributed by atoms with Crippen LogP contribution in [0.4, 0.5) is 0 Å². The lowest BCUT2D eigenvalue weighted by molar-refractivity contribution is 1.51. The molecule has 0 atom stereocenters. The minimum atomic E-state index is 0.911. The van der Waals surface area contributed by atoms with Gasteiger partial charge in [0.2, 0.25) is 0 Å². The summed E-state index contributed by atoms with van der Waals surface area (Å²) in [5.41, 5.74) is 1.27. The first kappa shape index (κ1) is 8.70. The molecule has 1 heteroatoms. The Hall–Kier alpha value is -0.300. The Bertz CT molecular complexity index is 132. The molecule has 0 aliphatic rings. The normalized spacial score (nSPS) is 12.4. The second kappa shape index (κ2) is 5.83. The largest absolute Gasteiger partial charge is 0.0991 e. The molecule has 0 aromatic rings. The second-order valence-corrected chi connectivity index (χ2v) is 2.15. The van der Waals surface area contributed by atoms with Crippen LogP contribution in [0.5, 0.6) is 0 Å². The van der Waals surface area contributed by atoms with Gasteiger partial charge in [-0.1, -0.05) is 46.8 Å². The fourth-order valence-electron chi connectivity index (χ4n) is 0.410. The van der Waals surface area contributed by atoms with Crippen molar-refractivity contribution in [1.29, 1.82) is 0 Å². The predicted octanol–water partition coefficient (Wildman–Crippen LogP) is 3.07. The van der Waals surface area contributed by atoms with Crippen LogP contribution < -0.4 is 0 Å². The van der Waals surface area contributed by atoms with Crippen LogP contribution in [-0.4, -0.2) is 5.33 Å². The third-order valence-electron chi connectivity index (χ3n) is 0.971. The Kier molecular flexibility index (Phi) is 5.64. The molecule has 0 amide bonds. The van der Waals surface area contributed by atoms with E-state index in [1.54, 1.807) is 6.08 Å². The van der Waals surface area contributed by atoms with Gasteiger partial charge in [-0.05, 0) is 12.5 Å². The predicted molar refractivity (Wildman–Crippen MR) is 46.9 cm³/mol. The van der Waals surface area contributed by atoms with E-state index in [1.807, 2.05) is 19.1 Å². The van der Waals surface area contributed by atoms with Gasteiger partial charge in [0.1, 0.15) is 0 Å². The van der Waals surface area contributed by atoms with E-state index in [2.05, 4.69) is 28.6 Å². The Labute approximate surface area is 65.1 Å². The molecule has 0 unspecified atom stereocenters. The van der Waals surface area contributed by atoms with Gasteiger partial charge in [-0.2, -0.15) is 0 Å². The number of hydrogen-bond acceptors (Lipinski definition) is 0. The molecule has 0 aliphatic carbocycles. The van der Waals surface area contributed by atoms with Gasteiger partial charge in [0.25, 0.3) is 0 Å². The third-order valence-corrected chi connectivity index (χ3v) is 1.62. The van der Waals surface area contributed by atoms with Crippen molar-refractivity contribution in [3.05, 3.63) is 36.5 Å². The van der Waals surface area contributed by atoms with Crippen molar-refractivity contribution in [2.24, 2.45) is 0 Å². The zero-order valence-electron chi connectivity index (χ0n) is 5.60. The molecule has 0 spiro atoms. The summed E-state index contributed by atoms with van der Waals surface area (Å²) in [5, 5.41) is 0.911. The number of halogens is 1. The summed E-state index contributed by atoms with van der Waals surface area (Å²) in [5.74, 6) is 0. The van der Waals surface area contributed by atoms with Crippen molar-refractivity contribution in [2.75, 3.05) is 5.33 Å². The Morgan fingerprint density at radius 3 is 2.67 bits per heavy atom. The highest BCUT2D eigenvalue weighted by atomic mass is 79.9. The quantitative estimate of drug-likeness (QED) is 0.470. The summed E-state index contributed by atoms with van der Waals surface area (Å²) in [6, 6.07) is 0. The van der Waals surface area contributed by atoms with E-state index in [1.165, 1.54) is 5.57 Å². The minimum Gasteiger partial charge on any atom is -0.0991 e. The maximum absolute atomic E-state index is 3.57. The molecule has 0 aromatic carbocycles. The van der Waals surface area contributed by atoms with Crippen LogP contribution in [0.1, 0.15) is 6.92 Å². The first-order valence-electron chi connectivity index (χ1n) is 2.85. The lowest BCUT2D eigenvalue weighted by Gasteiger charge is -1.89. The van der Waals surface area contributed by atoms with E-state index in [0.29, 0.717) is 0 Å². The van der Waals surface area contributed by atoms with Crippen molar-refractivity contribution in [3.8, 4) is 0 Å². The first-order chi connectivity index (χ1) is 4.35. The SMILES string of the molecule is C=CC=CC(=CC)CBr. The first-order valence-corrected chi connectivity index (χ1v) is 3.97. The molecule has 0 fully saturated rings. The molecule has 0 saturated carbocycles. The molecule has 50 valence electrons. The summed E-state index contributed by atoms with van der Waals surface area (Å²) in [4.78, 5) is 0. The van der Waals surface area contributed by atoms with Gasteiger partial charge in [-0.25, -0.2) is 0 Å². The summed E-state index contributed by atoms with van der Waals surface area (Å²) in [6.07, 6.45) is 7.79. The van der Waals surface area contributed by atoms with Gasteiger partial charge in [0, 0.05) is 5.33 Å². The molecule has 0 heterocycles. The monoisotopic (exact) mass is 186 g/mol. The van der Waals surface area contributed by atoms with Crippen LogP contribution in [0.15, 0.2) is 36.5 Å². The topological polar surface area (TPSA) is 0 Å². The van der Waals surface area contributed by atoms with E-state index in [0.717, 1.165) is 5.33 Å². The highest BCUT2D eigenvalue weighted by Gasteiger charge is 1.81. The maximum Gasteiger partial charge on any atom is 0.0279 e. The molecule has 0 aromatic heterocycles. The molecule has 0 aliphatic heterocycles. The van der Waals surface area contributed by atoms with Crippen LogP contribution in [-0.2, 0) is 0 Å². The zero-order chi connectivity index (χ0) is 7.11. The molecule has 0 nitrogen and oxygen atoms in total. The van der Waals surface area contributed by atoms with Crippen LogP contribution in [0.2, 0.25) is 0 Å². The van der Waals surface area contributed by atoms with Gasteiger partial charge in [0.15, 0.2) is 0 Å². The van der Waals surface area contributed by atoms with E-state index in [9.17, 15) is 0 Å². The smallest absolute Gasteiger partial charge is 0.0279 e. The lowest BCUT2D eigenvalue weighted by Crippen LogP contribution is -1.74. The van der Waals surface area contributed by atoms with Gasteiger partial charge in [-0.3, -0.25) is 0 Å². The lowest BCUT2D eigenvalue weighted by atomic mass is 10.3.